The van der Waals surface area contributed by atoms with E-state index in [9.17, 15) is 4.79 Å². The van der Waals surface area contributed by atoms with E-state index in [0.717, 1.165) is 43.7 Å². The third-order valence-corrected chi connectivity index (χ3v) is 4.37. The number of carbonyl (C=O) groups is 1. The second kappa shape index (κ2) is 7.15. The van der Waals surface area contributed by atoms with Crippen LogP contribution in [0.3, 0.4) is 0 Å². The zero-order chi connectivity index (χ0) is 16.2. The molecule has 0 bridgehead atoms. The van der Waals surface area contributed by atoms with Gasteiger partial charge in [0.15, 0.2) is 0 Å². The molecule has 1 aromatic carbocycles. The molecule has 2 N–H and O–H groups in total. The van der Waals surface area contributed by atoms with E-state index in [0.29, 0.717) is 10.6 Å². The van der Waals surface area contributed by atoms with Crippen molar-refractivity contribution in [3.05, 3.63) is 46.7 Å². The van der Waals surface area contributed by atoms with Crippen LogP contribution in [0.1, 0.15) is 35.8 Å². The quantitative estimate of drug-likeness (QED) is 0.904. The first-order valence-electron chi connectivity index (χ1n) is 8.03. The summed E-state index contributed by atoms with van der Waals surface area (Å²) in [5, 5.41) is 11.5. The standard InChI is InChI=1S/C17H21ClN4O/c1-2-16-15(17(23)21-13-6-4-8-19-10-13)11-20-22(16)14-7-3-5-12(18)9-14/h3,5,7,9,11,13,19H,2,4,6,8,10H2,1H3,(H,21,23). The van der Waals surface area contributed by atoms with E-state index in [4.69, 9.17) is 11.6 Å². The summed E-state index contributed by atoms with van der Waals surface area (Å²) in [5.41, 5.74) is 2.40. The molecule has 122 valence electrons. The first kappa shape index (κ1) is 16.0. The van der Waals surface area contributed by atoms with Gasteiger partial charge in [-0.05, 0) is 44.0 Å². The fourth-order valence-corrected chi connectivity index (χ4v) is 3.16. The van der Waals surface area contributed by atoms with Crippen molar-refractivity contribution in [2.45, 2.75) is 32.2 Å². The number of benzene rings is 1. The normalized spacial score (nSPS) is 17.9. The molecule has 0 saturated carbocycles. The third-order valence-electron chi connectivity index (χ3n) is 4.13. The minimum absolute atomic E-state index is 0.0520. The Hall–Kier alpha value is -1.85. The van der Waals surface area contributed by atoms with Gasteiger partial charge in [-0.2, -0.15) is 5.10 Å². The van der Waals surface area contributed by atoms with E-state index in [2.05, 4.69) is 15.7 Å². The molecular formula is C17H21ClN4O. The van der Waals surface area contributed by atoms with Crippen LogP contribution in [-0.4, -0.2) is 34.8 Å². The second-order valence-electron chi connectivity index (χ2n) is 5.77. The molecule has 1 saturated heterocycles. The Morgan fingerprint density at radius 3 is 3.09 bits per heavy atom. The average Bonchev–Trinajstić information content (AvgIpc) is 3.00. The number of carbonyl (C=O) groups excluding carboxylic acids is 1. The summed E-state index contributed by atoms with van der Waals surface area (Å²) in [7, 11) is 0. The molecule has 23 heavy (non-hydrogen) atoms. The van der Waals surface area contributed by atoms with Crippen LogP contribution in [0, 0.1) is 0 Å². The van der Waals surface area contributed by atoms with Crippen LogP contribution in [0.2, 0.25) is 5.02 Å². The van der Waals surface area contributed by atoms with Crippen LogP contribution in [0.4, 0.5) is 0 Å². The Kier molecular flexibility index (Phi) is 4.98. The van der Waals surface area contributed by atoms with Crippen molar-refractivity contribution in [1.29, 1.82) is 0 Å². The molecular weight excluding hydrogens is 312 g/mol. The number of hydrogen-bond donors (Lipinski definition) is 2. The monoisotopic (exact) mass is 332 g/mol. The van der Waals surface area contributed by atoms with Crippen molar-refractivity contribution in [2.75, 3.05) is 13.1 Å². The summed E-state index contributed by atoms with van der Waals surface area (Å²) in [6.45, 7) is 3.88. The molecule has 2 heterocycles. The number of halogens is 1. The Balaban J connectivity index is 1.84. The van der Waals surface area contributed by atoms with Gasteiger partial charge < -0.3 is 10.6 Å². The van der Waals surface area contributed by atoms with Crippen molar-refractivity contribution in [1.82, 2.24) is 20.4 Å². The number of aromatic nitrogens is 2. The maximum absolute atomic E-state index is 12.6. The van der Waals surface area contributed by atoms with Crippen molar-refractivity contribution in [3.63, 3.8) is 0 Å². The number of nitrogens with one attached hydrogen (secondary N) is 2. The molecule has 1 aliphatic heterocycles. The predicted molar refractivity (Wildman–Crippen MR) is 91.3 cm³/mol. The van der Waals surface area contributed by atoms with Crippen LogP contribution < -0.4 is 10.6 Å². The summed E-state index contributed by atoms with van der Waals surface area (Å²) >= 11 is 6.06. The van der Waals surface area contributed by atoms with Crippen molar-refractivity contribution in [2.24, 2.45) is 0 Å². The largest absolute Gasteiger partial charge is 0.348 e. The van der Waals surface area contributed by atoms with E-state index < -0.39 is 0 Å². The zero-order valence-corrected chi connectivity index (χ0v) is 13.9. The molecule has 1 fully saturated rings. The fraction of sp³-hybridized carbons (Fsp3) is 0.412. The Morgan fingerprint density at radius 2 is 2.39 bits per heavy atom. The summed E-state index contributed by atoms with van der Waals surface area (Å²) in [6.07, 6.45) is 4.47. The van der Waals surface area contributed by atoms with Gasteiger partial charge >= 0.3 is 0 Å². The zero-order valence-electron chi connectivity index (χ0n) is 13.2. The van der Waals surface area contributed by atoms with Crippen molar-refractivity contribution >= 4 is 17.5 Å². The lowest BCUT2D eigenvalue weighted by Gasteiger charge is -2.23. The van der Waals surface area contributed by atoms with Crippen LogP contribution in [-0.2, 0) is 6.42 Å². The number of piperidine rings is 1. The lowest BCUT2D eigenvalue weighted by Crippen LogP contribution is -2.45. The molecule has 1 aromatic heterocycles. The number of hydrogen-bond acceptors (Lipinski definition) is 3. The SMILES string of the molecule is CCc1c(C(=O)NC2CCCNC2)cnn1-c1cccc(Cl)c1. The van der Waals surface area contributed by atoms with Crippen molar-refractivity contribution < 1.29 is 4.79 Å². The molecule has 1 amide bonds. The molecule has 1 unspecified atom stereocenters. The lowest BCUT2D eigenvalue weighted by molar-refractivity contribution is 0.0929. The molecule has 3 rings (SSSR count). The van der Waals surface area contributed by atoms with Gasteiger partial charge in [-0.3, -0.25) is 4.79 Å². The lowest BCUT2D eigenvalue weighted by atomic mass is 10.1. The van der Waals surface area contributed by atoms with Gasteiger partial charge in [0.1, 0.15) is 0 Å². The maximum Gasteiger partial charge on any atom is 0.255 e. The summed E-state index contributed by atoms with van der Waals surface area (Å²) in [6, 6.07) is 7.68. The highest BCUT2D eigenvalue weighted by Crippen LogP contribution is 2.19. The van der Waals surface area contributed by atoms with Gasteiger partial charge in [0.25, 0.3) is 5.91 Å². The van der Waals surface area contributed by atoms with Gasteiger partial charge in [-0.15, -0.1) is 0 Å². The van der Waals surface area contributed by atoms with Gasteiger partial charge in [-0.1, -0.05) is 24.6 Å². The minimum Gasteiger partial charge on any atom is -0.348 e. The van der Waals surface area contributed by atoms with E-state index in [1.54, 1.807) is 10.9 Å². The van der Waals surface area contributed by atoms with Gasteiger partial charge in [-0.25, -0.2) is 4.68 Å². The van der Waals surface area contributed by atoms with E-state index >= 15 is 0 Å². The molecule has 5 nitrogen and oxygen atoms in total. The smallest absolute Gasteiger partial charge is 0.255 e. The van der Waals surface area contributed by atoms with E-state index in [1.807, 2.05) is 31.2 Å². The molecule has 1 atom stereocenters. The topological polar surface area (TPSA) is 59.0 Å². The van der Waals surface area contributed by atoms with Gasteiger partial charge in [0.2, 0.25) is 0 Å². The average molecular weight is 333 g/mol. The molecule has 6 heteroatoms. The third kappa shape index (κ3) is 3.57. The second-order valence-corrected chi connectivity index (χ2v) is 6.20. The highest BCUT2D eigenvalue weighted by Gasteiger charge is 2.21. The summed E-state index contributed by atoms with van der Waals surface area (Å²) < 4.78 is 1.79. The molecule has 0 spiro atoms. The van der Waals surface area contributed by atoms with Crippen LogP contribution >= 0.6 is 11.6 Å². The molecule has 0 radical (unpaired) electrons. The molecule has 1 aliphatic rings. The Morgan fingerprint density at radius 1 is 1.52 bits per heavy atom. The van der Waals surface area contributed by atoms with Crippen molar-refractivity contribution in [3.8, 4) is 5.69 Å². The number of rotatable bonds is 4. The molecule has 2 aromatic rings. The van der Waals surface area contributed by atoms with Gasteiger partial charge in [0, 0.05) is 17.6 Å². The first-order valence-corrected chi connectivity index (χ1v) is 8.41. The first-order chi connectivity index (χ1) is 11.2. The fourth-order valence-electron chi connectivity index (χ4n) is 2.97. The minimum atomic E-state index is -0.0520. The van der Waals surface area contributed by atoms with E-state index in [1.165, 1.54) is 0 Å². The van der Waals surface area contributed by atoms with Crippen LogP contribution in [0.5, 0.6) is 0 Å². The Bertz CT molecular complexity index is 692. The molecule has 0 aliphatic carbocycles. The van der Waals surface area contributed by atoms with Crippen LogP contribution in [0.15, 0.2) is 30.5 Å². The number of nitrogens with zero attached hydrogens (tertiary/aromatic N) is 2. The van der Waals surface area contributed by atoms with Gasteiger partial charge in [0.05, 0.1) is 23.1 Å². The summed E-state index contributed by atoms with van der Waals surface area (Å²) in [5.74, 6) is -0.0520. The highest BCUT2D eigenvalue weighted by atomic mass is 35.5. The predicted octanol–water partition coefficient (Wildman–Crippen LogP) is 2.57. The summed E-state index contributed by atoms with van der Waals surface area (Å²) in [4.78, 5) is 12.6. The number of amides is 1. The van der Waals surface area contributed by atoms with E-state index in [-0.39, 0.29) is 11.9 Å². The van der Waals surface area contributed by atoms with Crippen LogP contribution in [0.25, 0.3) is 5.69 Å². The maximum atomic E-state index is 12.6. The highest BCUT2D eigenvalue weighted by molar-refractivity contribution is 6.30. The Labute approximate surface area is 141 Å².